The Balaban J connectivity index is 3.24. The van der Waals surface area contributed by atoms with E-state index in [0.717, 1.165) is 38.1 Å². The summed E-state index contributed by atoms with van der Waals surface area (Å²) in [5, 5.41) is 0. The summed E-state index contributed by atoms with van der Waals surface area (Å²) >= 11 is 0. The lowest BCUT2D eigenvalue weighted by molar-refractivity contribution is 0.116. The van der Waals surface area contributed by atoms with Crippen molar-refractivity contribution in [3.8, 4) is 5.75 Å². The van der Waals surface area contributed by atoms with Crippen LogP contribution in [0.2, 0.25) is 0 Å². The zero-order valence-corrected chi connectivity index (χ0v) is 14.4. The molecule has 1 aromatic rings. The smallest absolute Gasteiger partial charge is 0.119 e. The molecule has 0 aromatic heterocycles. The lowest BCUT2D eigenvalue weighted by Crippen LogP contribution is -2.55. The Labute approximate surface area is 130 Å². The second-order valence-corrected chi connectivity index (χ2v) is 5.65. The monoisotopic (exact) mass is 292 g/mol. The van der Waals surface area contributed by atoms with E-state index in [1.807, 2.05) is 12.1 Å². The maximum Gasteiger partial charge on any atom is 0.119 e. The summed E-state index contributed by atoms with van der Waals surface area (Å²) in [4.78, 5) is 2.49. The van der Waals surface area contributed by atoms with Crippen LogP contribution in [0.1, 0.15) is 52.5 Å². The van der Waals surface area contributed by atoms with Gasteiger partial charge in [0.2, 0.25) is 0 Å². The van der Waals surface area contributed by atoms with Crippen LogP contribution in [-0.2, 0) is 5.54 Å². The van der Waals surface area contributed by atoms with Gasteiger partial charge >= 0.3 is 0 Å². The summed E-state index contributed by atoms with van der Waals surface area (Å²) in [5.74, 6) is 0.880. The normalized spacial score (nSPS) is 15.8. The van der Waals surface area contributed by atoms with Crippen LogP contribution in [0.4, 0.5) is 0 Å². The van der Waals surface area contributed by atoms with Crippen LogP contribution in [0.5, 0.6) is 5.75 Å². The molecule has 0 amide bonds. The Kier molecular flexibility index (Phi) is 7.20. The van der Waals surface area contributed by atoms with Gasteiger partial charge in [-0.25, -0.2) is 0 Å². The van der Waals surface area contributed by atoms with Crippen LogP contribution in [0.15, 0.2) is 24.3 Å². The summed E-state index contributed by atoms with van der Waals surface area (Å²) in [6.07, 6.45) is 3.18. The zero-order chi connectivity index (χ0) is 15.9. The van der Waals surface area contributed by atoms with E-state index in [1.54, 1.807) is 7.11 Å². The largest absolute Gasteiger partial charge is 0.497 e. The molecule has 3 heteroatoms. The fraction of sp³-hybridized carbons (Fsp3) is 0.667. The molecule has 1 aromatic carbocycles. The van der Waals surface area contributed by atoms with Crippen LogP contribution in [0.25, 0.3) is 0 Å². The predicted molar refractivity (Wildman–Crippen MR) is 90.8 cm³/mol. The van der Waals surface area contributed by atoms with Gasteiger partial charge in [-0.2, -0.15) is 0 Å². The van der Waals surface area contributed by atoms with Crippen molar-refractivity contribution in [1.29, 1.82) is 0 Å². The van der Waals surface area contributed by atoms with Crippen molar-refractivity contribution in [1.82, 2.24) is 4.90 Å². The quantitative estimate of drug-likeness (QED) is 0.753. The summed E-state index contributed by atoms with van der Waals surface area (Å²) in [6, 6.07) is 8.60. The summed E-state index contributed by atoms with van der Waals surface area (Å²) in [5.41, 5.74) is 7.77. The second kappa shape index (κ2) is 8.40. The first-order valence-corrected chi connectivity index (χ1v) is 8.24. The van der Waals surface area contributed by atoms with E-state index >= 15 is 0 Å². The number of methoxy groups -OCH3 is 1. The third kappa shape index (κ3) is 3.98. The van der Waals surface area contributed by atoms with Gasteiger partial charge in [-0.05, 0) is 43.6 Å². The molecule has 0 aliphatic rings. The standard InChI is InChI=1S/C18H32N2O/c1-6-11-17(20(8-3)9-4)18(19,7-2)15-12-10-13-16(14-15)21-5/h10,12-14,17H,6-9,11,19H2,1-5H3. The van der Waals surface area contributed by atoms with Crippen LogP contribution in [-0.4, -0.2) is 31.1 Å². The van der Waals surface area contributed by atoms with E-state index in [2.05, 4.69) is 44.7 Å². The molecule has 2 N–H and O–H groups in total. The molecule has 120 valence electrons. The Morgan fingerprint density at radius 3 is 2.33 bits per heavy atom. The van der Waals surface area contributed by atoms with Gasteiger partial charge in [-0.3, -0.25) is 4.90 Å². The molecule has 0 bridgehead atoms. The van der Waals surface area contributed by atoms with Crippen molar-refractivity contribution >= 4 is 0 Å². The molecule has 0 saturated heterocycles. The molecule has 0 saturated carbocycles. The zero-order valence-electron chi connectivity index (χ0n) is 14.4. The van der Waals surface area contributed by atoms with Crippen molar-refractivity contribution in [3.63, 3.8) is 0 Å². The number of nitrogens with two attached hydrogens (primary N) is 1. The van der Waals surface area contributed by atoms with E-state index < -0.39 is 0 Å². The molecular formula is C18H32N2O. The molecule has 0 aliphatic carbocycles. The van der Waals surface area contributed by atoms with Gasteiger partial charge in [-0.15, -0.1) is 0 Å². The molecule has 21 heavy (non-hydrogen) atoms. The number of nitrogens with zero attached hydrogens (tertiary/aromatic N) is 1. The molecule has 0 aliphatic heterocycles. The van der Waals surface area contributed by atoms with Crippen molar-refractivity contribution in [2.45, 2.75) is 58.5 Å². The Bertz CT molecular complexity index is 417. The van der Waals surface area contributed by atoms with Gasteiger partial charge < -0.3 is 10.5 Å². The minimum atomic E-state index is -0.337. The fourth-order valence-corrected chi connectivity index (χ4v) is 3.25. The molecule has 1 rings (SSSR count). The molecule has 0 heterocycles. The lowest BCUT2D eigenvalue weighted by Gasteiger charge is -2.43. The molecular weight excluding hydrogens is 260 g/mol. The Hall–Kier alpha value is -1.06. The number of benzene rings is 1. The third-order valence-corrected chi connectivity index (χ3v) is 4.60. The molecule has 2 atom stereocenters. The average Bonchev–Trinajstić information content (AvgIpc) is 2.54. The number of hydrogen-bond donors (Lipinski definition) is 1. The van der Waals surface area contributed by atoms with Crippen molar-refractivity contribution in [2.75, 3.05) is 20.2 Å². The highest BCUT2D eigenvalue weighted by Gasteiger charge is 2.37. The number of likely N-dealkylation sites (N-methyl/N-ethyl adjacent to an activating group) is 1. The Morgan fingerprint density at radius 2 is 1.86 bits per heavy atom. The van der Waals surface area contributed by atoms with E-state index in [9.17, 15) is 0 Å². The second-order valence-electron chi connectivity index (χ2n) is 5.65. The van der Waals surface area contributed by atoms with Gasteiger partial charge in [-0.1, -0.05) is 46.2 Å². The highest BCUT2D eigenvalue weighted by Crippen LogP contribution is 2.33. The average molecular weight is 292 g/mol. The van der Waals surface area contributed by atoms with Crippen LogP contribution in [0.3, 0.4) is 0 Å². The minimum absolute atomic E-state index is 0.337. The van der Waals surface area contributed by atoms with Gasteiger partial charge in [0.25, 0.3) is 0 Å². The predicted octanol–water partition coefficient (Wildman–Crippen LogP) is 3.77. The van der Waals surface area contributed by atoms with E-state index in [0.29, 0.717) is 6.04 Å². The molecule has 0 spiro atoms. The molecule has 0 radical (unpaired) electrons. The number of rotatable bonds is 9. The van der Waals surface area contributed by atoms with Gasteiger partial charge in [0.05, 0.1) is 12.6 Å². The number of ether oxygens (including phenoxy) is 1. The SMILES string of the molecule is CCCC(N(CC)CC)C(N)(CC)c1cccc(OC)c1. The first-order valence-electron chi connectivity index (χ1n) is 8.24. The van der Waals surface area contributed by atoms with Crippen molar-refractivity contribution in [2.24, 2.45) is 5.73 Å². The summed E-state index contributed by atoms with van der Waals surface area (Å²) < 4.78 is 5.38. The van der Waals surface area contributed by atoms with E-state index in [-0.39, 0.29) is 5.54 Å². The van der Waals surface area contributed by atoms with Crippen LogP contribution < -0.4 is 10.5 Å². The topological polar surface area (TPSA) is 38.5 Å². The number of hydrogen-bond acceptors (Lipinski definition) is 3. The molecule has 2 unspecified atom stereocenters. The first-order chi connectivity index (χ1) is 10.1. The maximum atomic E-state index is 6.93. The molecule has 0 fully saturated rings. The van der Waals surface area contributed by atoms with Gasteiger partial charge in [0.1, 0.15) is 5.75 Å². The first kappa shape index (κ1) is 18.0. The maximum absolute atomic E-state index is 6.93. The van der Waals surface area contributed by atoms with Crippen LogP contribution in [0, 0.1) is 0 Å². The molecule has 3 nitrogen and oxygen atoms in total. The van der Waals surface area contributed by atoms with Crippen molar-refractivity contribution in [3.05, 3.63) is 29.8 Å². The van der Waals surface area contributed by atoms with E-state index in [1.165, 1.54) is 5.56 Å². The van der Waals surface area contributed by atoms with Crippen molar-refractivity contribution < 1.29 is 4.74 Å². The fourth-order valence-electron chi connectivity index (χ4n) is 3.25. The van der Waals surface area contributed by atoms with E-state index in [4.69, 9.17) is 10.5 Å². The highest BCUT2D eigenvalue weighted by molar-refractivity contribution is 5.34. The minimum Gasteiger partial charge on any atom is -0.497 e. The Morgan fingerprint density at radius 1 is 1.19 bits per heavy atom. The summed E-state index contributed by atoms with van der Waals surface area (Å²) in [6.45, 7) is 10.9. The lowest BCUT2D eigenvalue weighted by atomic mass is 9.78. The summed E-state index contributed by atoms with van der Waals surface area (Å²) in [7, 11) is 1.71. The van der Waals surface area contributed by atoms with Crippen LogP contribution >= 0.6 is 0 Å². The third-order valence-electron chi connectivity index (χ3n) is 4.60. The van der Waals surface area contributed by atoms with Gasteiger partial charge in [0, 0.05) is 6.04 Å². The highest BCUT2D eigenvalue weighted by atomic mass is 16.5. The van der Waals surface area contributed by atoms with Gasteiger partial charge in [0.15, 0.2) is 0 Å².